The van der Waals surface area contributed by atoms with Gasteiger partial charge in [-0.1, -0.05) is 12.1 Å². The van der Waals surface area contributed by atoms with E-state index in [2.05, 4.69) is 5.32 Å². The summed E-state index contributed by atoms with van der Waals surface area (Å²) in [6.07, 6.45) is 0. The van der Waals surface area contributed by atoms with E-state index < -0.39 is 24.3 Å². The minimum absolute atomic E-state index is 0.0291. The van der Waals surface area contributed by atoms with Crippen molar-refractivity contribution in [2.24, 2.45) is 0 Å². The van der Waals surface area contributed by atoms with Crippen molar-refractivity contribution in [1.29, 1.82) is 0 Å². The summed E-state index contributed by atoms with van der Waals surface area (Å²) in [6, 6.07) is 9.00. The molecule has 28 heavy (non-hydrogen) atoms. The highest BCUT2D eigenvalue weighted by Gasteiger charge is 2.20. The third-order valence-electron chi connectivity index (χ3n) is 3.71. The zero-order valence-electron chi connectivity index (χ0n) is 14.8. The van der Waals surface area contributed by atoms with Gasteiger partial charge in [0, 0.05) is 16.5 Å². The Hall–Kier alpha value is -3.07. The molecular formula is C19H16FNO6S. The molecule has 1 N–H and O–H groups in total. The largest absolute Gasteiger partial charge is 0.455 e. The number of Topliss-reactive ketones (excluding diaryl/α,β-unsaturated/α-hetero) is 1. The van der Waals surface area contributed by atoms with Crippen molar-refractivity contribution in [3.05, 3.63) is 47.8 Å². The molecular weight excluding hydrogens is 389 g/mol. The Balaban J connectivity index is 1.54. The second kappa shape index (κ2) is 8.75. The Labute approximate surface area is 164 Å². The van der Waals surface area contributed by atoms with E-state index in [1.807, 2.05) is 0 Å². The second-order valence-electron chi connectivity index (χ2n) is 5.74. The van der Waals surface area contributed by atoms with Gasteiger partial charge < -0.3 is 19.5 Å². The molecule has 1 heterocycles. The molecule has 0 fully saturated rings. The van der Waals surface area contributed by atoms with Crippen molar-refractivity contribution >= 4 is 35.1 Å². The molecule has 0 atom stereocenters. The van der Waals surface area contributed by atoms with Crippen LogP contribution in [-0.4, -0.2) is 36.8 Å². The van der Waals surface area contributed by atoms with E-state index in [1.165, 1.54) is 25.1 Å². The lowest BCUT2D eigenvalue weighted by Gasteiger charge is -2.11. The smallest absolute Gasteiger partial charge is 0.316 e. The molecule has 0 aromatic heterocycles. The maximum absolute atomic E-state index is 13.5. The highest BCUT2D eigenvalue weighted by Crippen LogP contribution is 2.37. The van der Waals surface area contributed by atoms with Gasteiger partial charge in [-0.3, -0.25) is 14.4 Å². The van der Waals surface area contributed by atoms with Crippen molar-refractivity contribution in [3.63, 3.8) is 0 Å². The summed E-state index contributed by atoms with van der Waals surface area (Å²) in [6.45, 7) is 0.844. The highest BCUT2D eigenvalue weighted by atomic mass is 32.2. The molecule has 1 aliphatic heterocycles. The molecule has 0 bridgehead atoms. The van der Waals surface area contributed by atoms with E-state index in [9.17, 15) is 18.8 Å². The zero-order chi connectivity index (χ0) is 20.1. The molecule has 0 saturated carbocycles. The quantitative estimate of drug-likeness (QED) is 0.430. The Morgan fingerprint density at radius 2 is 1.89 bits per heavy atom. The summed E-state index contributed by atoms with van der Waals surface area (Å²) in [4.78, 5) is 36.0. The third-order valence-corrected chi connectivity index (χ3v) is 4.73. The van der Waals surface area contributed by atoms with E-state index in [0.29, 0.717) is 16.4 Å². The van der Waals surface area contributed by atoms with E-state index >= 15 is 0 Å². The van der Waals surface area contributed by atoms with Crippen LogP contribution in [-0.2, 0) is 14.3 Å². The topological polar surface area (TPSA) is 90.9 Å². The fraction of sp³-hybridized carbons (Fsp3) is 0.211. The van der Waals surface area contributed by atoms with Crippen molar-refractivity contribution in [3.8, 4) is 11.5 Å². The molecule has 9 heteroatoms. The van der Waals surface area contributed by atoms with Crippen molar-refractivity contribution in [2.45, 2.75) is 11.8 Å². The van der Waals surface area contributed by atoms with Gasteiger partial charge in [0.25, 0.3) is 5.91 Å². The average Bonchev–Trinajstić information content (AvgIpc) is 3.12. The Kier molecular flexibility index (Phi) is 6.15. The number of esters is 1. The first kappa shape index (κ1) is 19.7. The zero-order valence-corrected chi connectivity index (χ0v) is 15.6. The number of thioether (sulfide) groups is 1. The molecule has 0 saturated heterocycles. The molecule has 0 aliphatic carbocycles. The van der Waals surface area contributed by atoms with Crippen molar-refractivity contribution < 1.29 is 33.0 Å². The van der Waals surface area contributed by atoms with Crippen LogP contribution < -0.4 is 14.8 Å². The van der Waals surface area contributed by atoms with Gasteiger partial charge in [0.15, 0.2) is 23.9 Å². The average molecular weight is 405 g/mol. The minimum Gasteiger partial charge on any atom is -0.455 e. The predicted octanol–water partition coefficient (Wildman–Crippen LogP) is 3.03. The van der Waals surface area contributed by atoms with Gasteiger partial charge in [0.05, 0.1) is 11.4 Å². The number of fused-ring (bicyclic) bond motifs is 1. The van der Waals surface area contributed by atoms with Crippen LogP contribution in [0.1, 0.15) is 17.3 Å². The summed E-state index contributed by atoms with van der Waals surface area (Å²) in [5.74, 6) is -1.31. The van der Waals surface area contributed by atoms with Crippen LogP contribution in [0, 0.1) is 5.82 Å². The Morgan fingerprint density at radius 1 is 1.18 bits per heavy atom. The standard InChI is InChI=1S/C19H16FNO6S/c1-11(22)12-6-15-16(27-10-26-15)7-14(12)21-18(23)8-25-19(24)9-28-17-5-3-2-4-13(17)20/h2-7H,8-10H2,1H3,(H,21,23). The monoisotopic (exact) mass is 405 g/mol. The van der Waals surface area contributed by atoms with Gasteiger partial charge in [-0.2, -0.15) is 0 Å². The minimum atomic E-state index is -0.666. The highest BCUT2D eigenvalue weighted by molar-refractivity contribution is 8.00. The molecule has 2 aromatic rings. The molecule has 0 spiro atoms. The summed E-state index contributed by atoms with van der Waals surface area (Å²) in [7, 11) is 0. The Bertz CT molecular complexity index is 933. The van der Waals surface area contributed by atoms with Gasteiger partial charge in [0.1, 0.15) is 5.82 Å². The Morgan fingerprint density at radius 3 is 2.61 bits per heavy atom. The molecule has 7 nitrogen and oxygen atoms in total. The van der Waals surface area contributed by atoms with Gasteiger partial charge in [-0.25, -0.2) is 4.39 Å². The normalized spacial score (nSPS) is 11.8. The van der Waals surface area contributed by atoms with Crippen LogP contribution in [0.25, 0.3) is 0 Å². The first-order chi connectivity index (χ1) is 13.4. The summed E-state index contributed by atoms with van der Waals surface area (Å²) in [5.41, 5.74) is 0.484. The van der Waals surface area contributed by atoms with E-state index in [-0.39, 0.29) is 29.6 Å². The first-order valence-corrected chi connectivity index (χ1v) is 9.20. The van der Waals surface area contributed by atoms with Crippen LogP contribution in [0.2, 0.25) is 0 Å². The number of halogens is 1. The maximum atomic E-state index is 13.5. The molecule has 146 valence electrons. The van der Waals surface area contributed by atoms with Gasteiger partial charge in [-0.05, 0) is 25.1 Å². The van der Waals surface area contributed by atoms with Crippen LogP contribution in [0.5, 0.6) is 11.5 Å². The number of nitrogens with one attached hydrogen (secondary N) is 1. The SMILES string of the molecule is CC(=O)c1cc2c(cc1NC(=O)COC(=O)CSc1ccccc1F)OCO2. The first-order valence-electron chi connectivity index (χ1n) is 8.21. The summed E-state index contributed by atoms with van der Waals surface area (Å²) < 4.78 is 28.9. The number of rotatable bonds is 7. The fourth-order valence-electron chi connectivity index (χ4n) is 2.41. The molecule has 1 aliphatic rings. The molecule has 3 rings (SSSR count). The lowest BCUT2D eigenvalue weighted by molar-refractivity contribution is -0.144. The van der Waals surface area contributed by atoms with Crippen LogP contribution >= 0.6 is 11.8 Å². The van der Waals surface area contributed by atoms with E-state index in [1.54, 1.807) is 18.2 Å². The van der Waals surface area contributed by atoms with E-state index in [4.69, 9.17) is 14.2 Å². The molecule has 2 aromatic carbocycles. The number of ether oxygens (including phenoxy) is 3. The number of hydrogen-bond acceptors (Lipinski definition) is 7. The number of ketones is 1. The van der Waals surface area contributed by atoms with Gasteiger partial charge in [-0.15, -0.1) is 11.8 Å². The van der Waals surface area contributed by atoms with E-state index in [0.717, 1.165) is 11.8 Å². The number of benzene rings is 2. The van der Waals surface area contributed by atoms with Crippen molar-refractivity contribution in [1.82, 2.24) is 0 Å². The van der Waals surface area contributed by atoms with Gasteiger partial charge in [0.2, 0.25) is 6.79 Å². The maximum Gasteiger partial charge on any atom is 0.316 e. The molecule has 1 amide bonds. The second-order valence-corrected chi connectivity index (χ2v) is 6.75. The van der Waals surface area contributed by atoms with Gasteiger partial charge >= 0.3 is 5.97 Å². The lowest BCUT2D eigenvalue weighted by atomic mass is 10.1. The number of carbonyl (C=O) groups excluding carboxylic acids is 3. The molecule has 0 radical (unpaired) electrons. The van der Waals surface area contributed by atoms with Crippen LogP contribution in [0.4, 0.5) is 10.1 Å². The summed E-state index contributed by atoms with van der Waals surface area (Å²) in [5, 5.41) is 2.52. The number of hydrogen-bond donors (Lipinski definition) is 1. The van der Waals surface area contributed by atoms with Crippen LogP contribution in [0.3, 0.4) is 0 Å². The molecule has 0 unspecified atom stereocenters. The number of carbonyl (C=O) groups is 3. The number of amides is 1. The predicted molar refractivity (Wildman–Crippen MR) is 99.3 cm³/mol. The fourth-order valence-corrected chi connectivity index (χ4v) is 3.15. The lowest BCUT2D eigenvalue weighted by Crippen LogP contribution is -2.22. The summed E-state index contributed by atoms with van der Waals surface area (Å²) >= 11 is 0.974. The van der Waals surface area contributed by atoms with Crippen molar-refractivity contribution in [2.75, 3.05) is 24.5 Å². The number of anilines is 1. The van der Waals surface area contributed by atoms with Crippen LogP contribution in [0.15, 0.2) is 41.3 Å². The third kappa shape index (κ3) is 4.80.